The third kappa shape index (κ3) is 8.06. The number of hydrogen-bond acceptors (Lipinski definition) is 6. The van der Waals surface area contributed by atoms with Crippen molar-refractivity contribution < 1.29 is 23.9 Å². The van der Waals surface area contributed by atoms with Gasteiger partial charge in [0.2, 0.25) is 5.91 Å². The lowest BCUT2D eigenvalue weighted by Crippen LogP contribution is -2.40. The molecule has 1 heterocycles. The Morgan fingerprint density at radius 3 is 2.52 bits per heavy atom. The van der Waals surface area contributed by atoms with Gasteiger partial charge in [0.1, 0.15) is 17.5 Å². The predicted octanol–water partition coefficient (Wildman–Crippen LogP) is 2.59. The number of methoxy groups -OCH3 is 1. The summed E-state index contributed by atoms with van der Waals surface area (Å²) < 4.78 is 10.0. The van der Waals surface area contributed by atoms with E-state index in [1.165, 1.54) is 12.0 Å². The van der Waals surface area contributed by atoms with Crippen molar-refractivity contribution in [3.63, 3.8) is 0 Å². The summed E-state index contributed by atoms with van der Waals surface area (Å²) in [6.45, 7) is 9.07. The van der Waals surface area contributed by atoms with E-state index < -0.39 is 23.7 Å². The average Bonchev–Trinajstić information content (AvgIpc) is 2.56. The van der Waals surface area contributed by atoms with Crippen LogP contribution in [0.3, 0.4) is 0 Å². The highest BCUT2D eigenvalue weighted by molar-refractivity contribution is 5.87. The van der Waals surface area contributed by atoms with E-state index in [1.807, 2.05) is 13.0 Å². The lowest BCUT2D eigenvalue weighted by Gasteiger charge is -2.27. The Hall–Kier alpha value is -2.64. The summed E-state index contributed by atoms with van der Waals surface area (Å²) in [7, 11) is 1.26. The van der Waals surface area contributed by atoms with Crippen LogP contribution in [0, 0.1) is 6.92 Å². The molecule has 0 aliphatic carbocycles. The Morgan fingerprint density at radius 2 is 1.96 bits per heavy atom. The van der Waals surface area contributed by atoms with Crippen LogP contribution in [0.1, 0.15) is 46.1 Å². The molecule has 0 saturated heterocycles. The second kappa shape index (κ2) is 9.89. The van der Waals surface area contributed by atoms with Crippen LogP contribution >= 0.6 is 0 Å². The van der Waals surface area contributed by atoms with Crippen LogP contribution in [0.15, 0.2) is 18.3 Å². The number of nitrogens with one attached hydrogen (secondary N) is 1. The normalized spacial score (nSPS) is 12.1. The van der Waals surface area contributed by atoms with E-state index in [4.69, 9.17) is 4.74 Å². The highest BCUT2D eigenvalue weighted by Gasteiger charge is 2.24. The van der Waals surface area contributed by atoms with Crippen LogP contribution in [0.5, 0.6) is 0 Å². The number of amides is 2. The number of ether oxygens (including phenoxy) is 2. The molecule has 8 nitrogen and oxygen atoms in total. The fraction of sp³-hybridized carbons (Fsp3) is 0.579. The summed E-state index contributed by atoms with van der Waals surface area (Å²) in [5.74, 6) is -0.343. The third-order valence-electron chi connectivity index (χ3n) is 3.51. The monoisotopic (exact) mass is 379 g/mol. The van der Waals surface area contributed by atoms with Crippen molar-refractivity contribution in [2.24, 2.45) is 0 Å². The Morgan fingerprint density at radius 1 is 1.30 bits per heavy atom. The van der Waals surface area contributed by atoms with Gasteiger partial charge in [0.15, 0.2) is 0 Å². The number of anilines is 1. The number of rotatable bonds is 7. The molecule has 27 heavy (non-hydrogen) atoms. The standard InChI is InChI=1S/C19H29N3O5/c1-13-9-10-20-15(12-13)22(18(25)27-19(3,4)5)11-7-8-16(23)21-14(2)17(24)26-6/h9-10,12,14H,7-8,11H2,1-6H3,(H,21,23)/t14-/m0/s1. The number of pyridine rings is 1. The molecule has 0 unspecified atom stereocenters. The largest absolute Gasteiger partial charge is 0.467 e. The van der Waals surface area contributed by atoms with Crippen LogP contribution in [0.25, 0.3) is 0 Å². The zero-order valence-electron chi connectivity index (χ0n) is 16.9. The molecule has 0 radical (unpaired) electrons. The summed E-state index contributed by atoms with van der Waals surface area (Å²) in [5, 5.41) is 2.56. The first-order valence-electron chi connectivity index (χ1n) is 8.84. The number of carbonyl (C=O) groups is 3. The molecule has 1 atom stereocenters. The van der Waals surface area contributed by atoms with Crippen LogP contribution < -0.4 is 10.2 Å². The highest BCUT2D eigenvalue weighted by atomic mass is 16.6. The van der Waals surface area contributed by atoms with Gasteiger partial charge in [0.05, 0.1) is 7.11 Å². The van der Waals surface area contributed by atoms with E-state index in [9.17, 15) is 14.4 Å². The van der Waals surface area contributed by atoms with Crippen molar-refractivity contribution in [2.45, 2.75) is 59.1 Å². The summed E-state index contributed by atoms with van der Waals surface area (Å²) >= 11 is 0. The average molecular weight is 379 g/mol. The maximum atomic E-state index is 12.6. The lowest BCUT2D eigenvalue weighted by molar-refractivity contribution is -0.144. The van der Waals surface area contributed by atoms with Crippen LogP contribution in [-0.4, -0.2) is 48.3 Å². The van der Waals surface area contributed by atoms with Gasteiger partial charge in [0, 0.05) is 19.2 Å². The van der Waals surface area contributed by atoms with E-state index in [-0.39, 0.29) is 18.9 Å². The van der Waals surface area contributed by atoms with E-state index in [1.54, 1.807) is 40.0 Å². The van der Waals surface area contributed by atoms with Crippen molar-refractivity contribution in [1.82, 2.24) is 10.3 Å². The molecule has 0 aromatic carbocycles. The van der Waals surface area contributed by atoms with Gasteiger partial charge in [-0.05, 0) is 58.7 Å². The van der Waals surface area contributed by atoms with E-state index in [0.717, 1.165) is 5.56 Å². The molecule has 0 aliphatic heterocycles. The molecule has 2 amide bonds. The summed E-state index contributed by atoms with van der Waals surface area (Å²) in [6.07, 6.45) is 1.62. The van der Waals surface area contributed by atoms with Gasteiger partial charge < -0.3 is 14.8 Å². The van der Waals surface area contributed by atoms with E-state index >= 15 is 0 Å². The van der Waals surface area contributed by atoms with Gasteiger partial charge in [-0.1, -0.05) is 0 Å². The molecule has 1 aromatic rings. The van der Waals surface area contributed by atoms with Crippen molar-refractivity contribution in [2.75, 3.05) is 18.6 Å². The van der Waals surface area contributed by atoms with Gasteiger partial charge >= 0.3 is 12.1 Å². The van der Waals surface area contributed by atoms with Gasteiger partial charge in [-0.3, -0.25) is 9.69 Å². The summed E-state index contributed by atoms with van der Waals surface area (Å²) in [6, 6.07) is 2.89. The fourth-order valence-corrected chi connectivity index (χ4v) is 2.23. The van der Waals surface area contributed by atoms with E-state index in [2.05, 4.69) is 15.0 Å². The molecule has 1 aromatic heterocycles. The number of aromatic nitrogens is 1. The highest BCUT2D eigenvalue weighted by Crippen LogP contribution is 2.18. The van der Waals surface area contributed by atoms with Crippen molar-refractivity contribution in [3.8, 4) is 0 Å². The molecule has 0 aliphatic rings. The van der Waals surface area contributed by atoms with Crippen LogP contribution in [0.2, 0.25) is 0 Å². The summed E-state index contributed by atoms with van der Waals surface area (Å²) in [4.78, 5) is 41.5. The molecule has 0 fully saturated rings. The maximum absolute atomic E-state index is 12.6. The Kier molecular flexibility index (Phi) is 8.21. The number of esters is 1. The molecular weight excluding hydrogens is 350 g/mol. The maximum Gasteiger partial charge on any atom is 0.416 e. The molecule has 0 bridgehead atoms. The smallest absolute Gasteiger partial charge is 0.416 e. The molecule has 150 valence electrons. The Labute approximate surface area is 160 Å². The van der Waals surface area contributed by atoms with E-state index in [0.29, 0.717) is 12.2 Å². The SMILES string of the molecule is COC(=O)[C@H](C)NC(=O)CCCN(C(=O)OC(C)(C)C)c1cc(C)ccn1. The summed E-state index contributed by atoms with van der Waals surface area (Å²) in [5.41, 5.74) is 0.310. The molecule has 1 N–H and O–H groups in total. The Bertz CT molecular complexity index is 670. The minimum absolute atomic E-state index is 0.145. The second-order valence-corrected chi connectivity index (χ2v) is 7.24. The molecule has 8 heteroatoms. The quantitative estimate of drug-likeness (QED) is 0.731. The third-order valence-corrected chi connectivity index (χ3v) is 3.51. The van der Waals surface area contributed by atoms with Gasteiger partial charge in [-0.25, -0.2) is 14.6 Å². The first-order valence-corrected chi connectivity index (χ1v) is 8.84. The molecule has 0 spiro atoms. The minimum atomic E-state index is -0.720. The first-order chi connectivity index (χ1) is 12.5. The minimum Gasteiger partial charge on any atom is -0.467 e. The second-order valence-electron chi connectivity index (χ2n) is 7.24. The predicted molar refractivity (Wildman–Crippen MR) is 101 cm³/mol. The molecule has 0 saturated carbocycles. The number of carbonyl (C=O) groups excluding carboxylic acids is 3. The first kappa shape index (κ1) is 22.4. The van der Waals surface area contributed by atoms with Gasteiger partial charge in [-0.2, -0.15) is 0 Å². The number of hydrogen-bond donors (Lipinski definition) is 1. The fourth-order valence-electron chi connectivity index (χ4n) is 2.23. The molecule has 1 rings (SSSR count). The van der Waals surface area contributed by atoms with Crippen molar-refractivity contribution >= 4 is 23.8 Å². The lowest BCUT2D eigenvalue weighted by atomic mass is 10.2. The van der Waals surface area contributed by atoms with Gasteiger partial charge in [0.25, 0.3) is 0 Å². The zero-order valence-corrected chi connectivity index (χ0v) is 16.9. The van der Waals surface area contributed by atoms with Crippen molar-refractivity contribution in [3.05, 3.63) is 23.9 Å². The Balaban J connectivity index is 2.73. The zero-order chi connectivity index (χ0) is 20.6. The topological polar surface area (TPSA) is 97.8 Å². The van der Waals surface area contributed by atoms with Gasteiger partial charge in [-0.15, -0.1) is 0 Å². The molecular formula is C19H29N3O5. The number of aryl methyl sites for hydroxylation is 1. The van der Waals surface area contributed by atoms with Crippen LogP contribution in [0.4, 0.5) is 10.6 Å². The van der Waals surface area contributed by atoms with Crippen molar-refractivity contribution in [1.29, 1.82) is 0 Å². The number of nitrogens with zero attached hydrogens (tertiary/aromatic N) is 2. The van der Waals surface area contributed by atoms with Crippen LogP contribution in [-0.2, 0) is 19.1 Å².